The van der Waals surface area contributed by atoms with E-state index in [2.05, 4.69) is 9.73 Å². The molecule has 0 unspecified atom stereocenters. The van der Waals surface area contributed by atoms with Gasteiger partial charge in [-0.25, -0.2) is 0 Å². The van der Waals surface area contributed by atoms with Crippen molar-refractivity contribution in [3.8, 4) is 0 Å². The zero-order valence-corrected chi connectivity index (χ0v) is 9.67. The molecule has 0 aromatic carbocycles. The van der Waals surface area contributed by atoms with Crippen molar-refractivity contribution in [2.75, 3.05) is 7.11 Å². The van der Waals surface area contributed by atoms with E-state index in [0.29, 0.717) is 25.7 Å². The molecule has 0 aromatic heterocycles. The molecule has 0 N–H and O–H groups in total. The molecule has 0 atom stereocenters. The van der Waals surface area contributed by atoms with E-state index in [9.17, 15) is 18.0 Å². The minimum atomic E-state index is -4.19. The van der Waals surface area contributed by atoms with E-state index in [4.69, 9.17) is 0 Å². The number of esters is 1. The molecule has 17 heavy (non-hydrogen) atoms. The van der Waals surface area contributed by atoms with Crippen molar-refractivity contribution in [2.24, 2.45) is 10.9 Å². The van der Waals surface area contributed by atoms with Crippen LogP contribution in [0.5, 0.6) is 0 Å². The lowest BCUT2D eigenvalue weighted by molar-refractivity contribution is -0.146. The summed E-state index contributed by atoms with van der Waals surface area (Å²) in [6, 6.07) is -0.0849. The van der Waals surface area contributed by atoms with Crippen LogP contribution in [-0.2, 0) is 9.53 Å². The van der Waals surface area contributed by atoms with E-state index in [0.717, 1.165) is 6.21 Å². The van der Waals surface area contributed by atoms with Crippen LogP contribution in [0.3, 0.4) is 0 Å². The summed E-state index contributed by atoms with van der Waals surface area (Å²) in [7, 11) is 1.34. The number of aliphatic imine (C=N–C) groups is 1. The van der Waals surface area contributed by atoms with Gasteiger partial charge in [-0.15, -0.1) is 0 Å². The maximum absolute atomic E-state index is 11.9. The van der Waals surface area contributed by atoms with E-state index in [-0.39, 0.29) is 17.9 Å². The average Bonchev–Trinajstić information content (AvgIpc) is 2.27. The summed E-state index contributed by atoms with van der Waals surface area (Å²) in [5.41, 5.74) is 0. The van der Waals surface area contributed by atoms with Gasteiger partial charge in [0.25, 0.3) is 0 Å². The highest BCUT2D eigenvalue weighted by Crippen LogP contribution is 2.27. The third-order valence-corrected chi connectivity index (χ3v) is 2.87. The Labute approximate surface area is 98.0 Å². The van der Waals surface area contributed by atoms with E-state index < -0.39 is 12.6 Å². The highest BCUT2D eigenvalue weighted by atomic mass is 19.4. The third-order valence-electron chi connectivity index (χ3n) is 2.87. The van der Waals surface area contributed by atoms with Crippen LogP contribution >= 0.6 is 0 Å². The molecule has 0 heterocycles. The first-order chi connectivity index (χ1) is 7.92. The van der Waals surface area contributed by atoms with Crippen LogP contribution in [0.25, 0.3) is 0 Å². The number of ether oxygens (including phenoxy) is 1. The van der Waals surface area contributed by atoms with Crippen molar-refractivity contribution in [1.82, 2.24) is 0 Å². The molecular formula is C11H16F3NO2. The van der Waals surface area contributed by atoms with E-state index in [1.165, 1.54) is 7.11 Å². The second-order valence-corrected chi connectivity index (χ2v) is 4.18. The zero-order chi connectivity index (χ0) is 12.9. The first-order valence-electron chi connectivity index (χ1n) is 5.58. The molecule has 0 aromatic rings. The lowest BCUT2D eigenvalue weighted by atomic mass is 9.86. The van der Waals surface area contributed by atoms with Crippen molar-refractivity contribution in [3.63, 3.8) is 0 Å². The van der Waals surface area contributed by atoms with Crippen molar-refractivity contribution >= 4 is 12.2 Å². The fourth-order valence-corrected chi connectivity index (χ4v) is 1.93. The zero-order valence-electron chi connectivity index (χ0n) is 9.67. The van der Waals surface area contributed by atoms with E-state index in [1.807, 2.05) is 0 Å². The molecule has 1 fully saturated rings. The number of hydrogen-bond acceptors (Lipinski definition) is 3. The summed E-state index contributed by atoms with van der Waals surface area (Å²) in [4.78, 5) is 15.1. The third kappa shape index (κ3) is 5.19. The number of rotatable bonds is 3. The van der Waals surface area contributed by atoms with Gasteiger partial charge in [0.05, 0.1) is 19.4 Å². The van der Waals surface area contributed by atoms with Gasteiger partial charge < -0.3 is 4.74 Å². The first-order valence-corrected chi connectivity index (χ1v) is 5.58. The van der Waals surface area contributed by atoms with Crippen molar-refractivity contribution in [2.45, 2.75) is 44.3 Å². The largest absolute Gasteiger partial charge is 0.469 e. The summed E-state index contributed by atoms with van der Waals surface area (Å²) in [5.74, 6) is -0.350. The molecule has 0 aliphatic heterocycles. The number of nitrogens with zero attached hydrogens (tertiary/aromatic N) is 1. The van der Waals surface area contributed by atoms with Gasteiger partial charge in [0.15, 0.2) is 0 Å². The van der Waals surface area contributed by atoms with Crippen LogP contribution in [0.4, 0.5) is 13.2 Å². The summed E-state index contributed by atoms with van der Waals surface area (Å²) < 4.78 is 40.2. The Bertz CT molecular complexity index is 281. The van der Waals surface area contributed by atoms with Gasteiger partial charge in [-0.2, -0.15) is 13.2 Å². The predicted octanol–water partition coefficient (Wildman–Crippen LogP) is 2.74. The van der Waals surface area contributed by atoms with E-state index in [1.54, 1.807) is 0 Å². The maximum atomic E-state index is 11.9. The quantitative estimate of drug-likeness (QED) is 0.571. The lowest BCUT2D eigenvalue weighted by Crippen LogP contribution is -2.24. The molecule has 1 rings (SSSR count). The molecule has 98 valence electrons. The number of halogens is 3. The van der Waals surface area contributed by atoms with Crippen molar-refractivity contribution in [3.05, 3.63) is 0 Å². The van der Waals surface area contributed by atoms with Gasteiger partial charge >= 0.3 is 12.1 Å². The standard InChI is InChI=1S/C11H16F3NO2/c1-17-10(16)8-2-4-9(5-3-8)15-7-6-11(12,13)14/h7-9H,2-6H2,1H3. The fraction of sp³-hybridized carbons (Fsp3) is 0.818. The fourth-order valence-electron chi connectivity index (χ4n) is 1.93. The van der Waals surface area contributed by atoms with Crippen LogP contribution in [0, 0.1) is 5.92 Å². The molecule has 0 amide bonds. The van der Waals surface area contributed by atoms with E-state index >= 15 is 0 Å². The van der Waals surface area contributed by atoms with Gasteiger partial charge in [-0.1, -0.05) is 0 Å². The number of carbonyl (C=O) groups is 1. The van der Waals surface area contributed by atoms with Crippen LogP contribution in [0.2, 0.25) is 0 Å². The Balaban J connectivity index is 2.30. The minimum Gasteiger partial charge on any atom is -0.469 e. The van der Waals surface area contributed by atoms with Crippen molar-refractivity contribution in [1.29, 1.82) is 0 Å². The van der Waals surface area contributed by atoms with Gasteiger partial charge in [0, 0.05) is 12.3 Å². The number of carbonyl (C=O) groups excluding carboxylic acids is 1. The first kappa shape index (κ1) is 14.0. The summed E-state index contributed by atoms with van der Waals surface area (Å²) in [6.45, 7) is 0. The summed E-state index contributed by atoms with van der Waals surface area (Å²) >= 11 is 0. The molecule has 3 nitrogen and oxygen atoms in total. The molecule has 0 radical (unpaired) electrons. The molecule has 1 aliphatic rings. The highest BCUT2D eigenvalue weighted by Gasteiger charge is 2.28. The van der Waals surface area contributed by atoms with Crippen LogP contribution in [0.1, 0.15) is 32.1 Å². The Morgan fingerprint density at radius 3 is 2.41 bits per heavy atom. The molecule has 0 bridgehead atoms. The number of alkyl halides is 3. The van der Waals surface area contributed by atoms with Crippen LogP contribution < -0.4 is 0 Å². The number of methoxy groups -OCH3 is 1. The Kier molecular flexibility index (Phi) is 4.96. The highest BCUT2D eigenvalue weighted by molar-refractivity contribution is 5.72. The van der Waals surface area contributed by atoms with Gasteiger partial charge in [-0.05, 0) is 25.7 Å². The topological polar surface area (TPSA) is 38.7 Å². The van der Waals surface area contributed by atoms with Crippen LogP contribution in [-0.4, -0.2) is 31.5 Å². The normalized spacial score (nSPS) is 26.1. The minimum absolute atomic E-state index is 0.0849. The smallest absolute Gasteiger partial charge is 0.393 e. The van der Waals surface area contributed by atoms with Gasteiger partial charge in [0.1, 0.15) is 0 Å². The molecule has 6 heteroatoms. The van der Waals surface area contributed by atoms with Crippen molar-refractivity contribution < 1.29 is 22.7 Å². The Morgan fingerprint density at radius 2 is 1.94 bits per heavy atom. The summed E-state index contributed by atoms with van der Waals surface area (Å²) in [5, 5.41) is 0. The molecular weight excluding hydrogens is 235 g/mol. The Morgan fingerprint density at radius 1 is 1.35 bits per heavy atom. The molecule has 0 spiro atoms. The second kappa shape index (κ2) is 6.02. The molecule has 1 aliphatic carbocycles. The average molecular weight is 251 g/mol. The van der Waals surface area contributed by atoms with Crippen LogP contribution in [0.15, 0.2) is 4.99 Å². The van der Waals surface area contributed by atoms with Gasteiger partial charge in [-0.3, -0.25) is 9.79 Å². The number of hydrogen-bond donors (Lipinski definition) is 0. The Hall–Kier alpha value is -1.07. The summed E-state index contributed by atoms with van der Waals surface area (Å²) in [6.07, 6.45) is -1.66. The second-order valence-electron chi connectivity index (χ2n) is 4.18. The molecule has 1 saturated carbocycles. The monoisotopic (exact) mass is 251 g/mol. The molecule has 0 saturated heterocycles. The SMILES string of the molecule is COC(=O)C1CCC(N=CCC(F)(F)F)CC1. The maximum Gasteiger partial charge on any atom is 0.393 e. The van der Waals surface area contributed by atoms with Gasteiger partial charge in [0.2, 0.25) is 0 Å². The lowest BCUT2D eigenvalue weighted by Gasteiger charge is -2.24. The predicted molar refractivity (Wildman–Crippen MR) is 56.9 cm³/mol.